The number of aromatic amines is 1. The number of aromatic nitrogens is 2. The minimum atomic E-state index is -0.247. The first-order chi connectivity index (χ1) is 12.2. The van der Waals surface area contributed by atoms with Crippen LogP contribution in [-0.2, 0) is 6.54 Å². The van der Waals surface area contributed by atoms with Crippen LogP contribution in [0.15, 0.2) is 69.3 Å². The number of aryl methyl sites for hydroxylation is 1. The van der Waals surface area contributed by atoms with Crippen molar-refractivity contribution in [2.45, 2.75) is 18.3 Å². The number of benzene rings is 2. The van der Waals surface area contributed by atoms with Crippen molar-refractivity contribution in [2.24, 2.45) is 5.10 Å². The number of hydrogen-bond acceptors (Lipinski definition) is 5. The SMILES string of the molecule is O=c1[nH]n(CC[C@@H]2NN=C(c3ccccc3)S2)c(=O)c2ccccc12. The molecule has 25 heavy (non-hydrogen) atoms. The lowest BCUT2D eigenvalue weighted by atomic mass is 10.2. The molecule has 0 fully saturated rings. The third-order valence-corrected chi connectivity index (χ3v) is 5.26. The fraction of sp³-hybridized carbons (Fsp3) is 0.167. The van der Waals surface area contributed by atoms with Crippen LogP contribution in [0.2, 0.25) is 0 Å². The lowest BCUT2D eigenvalue weighted by Crippen LogP contribution is -2.31. The predicted molar refractivity (Wildman–Crippen MR) is 101 cm³/mol. The van der Waals surface area contributed by atoms with E-state index in [-0.39, 0.29) is 16.5 Å². The Bertz CT molecular complexity index is 1060. The van der Waals surface area contributed by atoms with Crippen molar-refractivity contribution in [1.82, 2.24) is 15.2 Å². The van der Waals surface area contributed by atoms with E-state index in [0.717, 1.165) is 10.6 Å². The van der Waals surface area contributed by atoms with E-state index in [2.05, 4.69) is 15.6 Å². The zero-order valence-corrected chi connectivity index (χ0v) is 14.1. The molecule has 0 aliphatic carbocycles. The van der Waals surface area contributed by atoms with Crippen molar-refractivity contribution < 1.29 is 0 Å². The van der Waals surface area contributed by atoms with E-state index >= 15 is 0 Å². The Morgan fingerprint density at radius 2 is 1.72 bits per heavy atom. The molecule has 0 unspecified atom stereocenters. The number of hydrazone groups is 1. The molecule has 0 radical (unpaired) electrons. The minimum absolute atomic E-state index is 0.0667. The molecule has 0 bridgehead atoms. The van der Waals surface area contributed by atoms with E-state index in [1.165, 1.54) is 4.68 Å². The van der Waals surface area contributed by atoms with E-state index in [1.807, 2.05) is 30.3 Å². The Hall–Kier alpha value is -2.80. The molecule has 2 aromatic carbocycles. The van der Waals surface area contributed by atoms with Gasteiger partial charge in [0.2, 0.25) is 0 Å². The van der Waals surface area contributed by atoms with Gasteiger partial charge in [0.1, 0.15) is 5.04 Å². The van der Waals surface area contributed by atoms with Gasteiger partial charge in [0.25, 0.3) is 11.1 Å². The van der Waals surface area contributed by atoms with E-state index in [0.29, 0.717) is 23.7 Å². The van der Waals surface area contributed by atoms with Crippen LogP contribution in [0.5, 0.6) is 0 Å². The molecule has 126 valence electrons. The van der Waals surface area contributed by atoms with Crippen molar-refractivity contribution >= 4 is 27.6 Å². The highest BCUT2D eigenvalue weighted by Crippen LogP contribution is 2.24. The van der Waals surface area contributed by atoms with Gasteiger partial charge in [0.15, 0.2) is 0 Å². The van der Waals surface area contributed by atoms with Crippen molar-refractivity contribution in [2.75, 3.05) is 0 Å². The third kappa shape index (κ3) is 3.10. The maximum Gasteiger partial charge on any atom is 0.273 e. The first kappa shape index (κ1) is 15.7. The molecule has 2 heterocycles. The number of hydrogen-bond donors (Lipinski definition) is 2. The van der Waals surface area contributed by atoms with Crippen LogP contribution >= 0.6 is 11.8 Å². The highest BCUT2D eigenvalue weighted by Gasteiger charge is 2.20. The van der Waals surface area contributed by atoms with Gasteiger partial charge in [-0.15, -0.1) is 0 Å². The average molecular weight is 352 g/mol. The number of H-pyrrole nitrogens is 1. The highest BCUT2D eigenvalue weighted by molar-refractivity contribution is 8.15. The average Bonchev–Trinajstić information content (AvgIpc) is 3.13. The van der Waals surface area contributed by atoms with E-state index < -0.39 is 0 Å². The number of fused-ring (bicyclic) bond motifs is 1. The summed E-state index contributed by atoms with van der Waals surface area (Å²) in [5.41, 5.74) is 3.73. The molecular formula is C18H16N4O2S. The molecule has 0 saturated heterocycles. The Morgan fingerprint density at radius 1 is 1.00 bits per heavy atom. The number of nitrogens with one attached hydrogen (secondary N) is 2. The Balaban J connectivity index is 1.48. The van der Waals surface area contributed by atoms with Crippen LogP contribution in [0.25, 0.3) is 10.8 Å². The summed E-state index contributed by atoms with van der Waals surface area (Å²) in [5.74, 6) is 0. The van der Waals surface area contributed by atoms with Gasteiger partial charge >= 0.3 is 0 Å². The molecule has 1 atom stereocenters. The molecule has 1 aliphatic heterocycles. The summed E-state index contributed by atoms with van der Waals surface area (Å²) in [4.78, 5) is 24.6. The monoisotopic (exact) mass is 352 g/mol. The molecule has 1 aliphatic rings. The fourth-order valence-corrected chi connectivity index (χ4v) is 3.78. The van der Waals surface area contributed by atoms with Crippen molar-refractivity contribution in [3.8, 4) is 0 Å². The summed E-state index contributed by atoms with van der Waals surface area (Å²) in [7, 11) is 0. The second-order valence-electron chi connectivity index (χ2n) is 5.75. The van der Waals surface area contributed by atoms with Gasteiger partial charge < -0.3 is 0 Å². The maximum absolute atomic E-state index is 12.5. The lowest BCUT2D eigenvalue weighted by Gasteiger charge is -2.11. The second-order valence-corrected chi connectivity index (χ2v) is 6.94. The summed E-state index contributed by atoms with van der Waals surface area (Å²) >= 11 is 1.63. The molecular weight excluding hydrogens is 336 g/mol. The summed E-state index contributed by atoms with van der Waals surface area (Å²) in [6, 6.07) is 16.8. The zero-order chi connectivity index (χ0) is 17.2. The van der Waals surface area contributed by atoms with Gasteiger partial charge in [-0.3, -0.25) is 20.1 Å². The van der Waals surface area contributed by atoms with Crippen LogP contribution in [0.3, 0.4) is 0 Å². The molecule has 6 nitrogen and oxygen atoms in total. The maximum atomic E-state index is 12.5. The quantitative estimate of drug-likeness (QED) is 0.754. The smallest absolute Gasteiger partial charge is 0.273 e. The Labute approximate surface area is 147 Å². The summed E-state index contributed by atoms with van der Waals surface area (Å²) in [6.07, 6.45) is 0.665. The summed E-state index contributed by atoms with van der Waals surface area (Å²) < 4.78 is 1.38. The van der Waals surface area contributed by atoms with E-state index in [4.69, 9.17) is 0 Å². The van der Waals surface area contributed by atoms with Gasteiger partial charge in [0.05, 0.1) is 16.1 Å². The topological polar surface area (TPSA) is 79.2 Å². The molecule has 3 aromatic rings. The van der Waals surface area contributed by atoms with Crippen molar-refractivity contribution in [3.05, 3.63) is 80.9 Å². The minimum Gasteiger partial charge on any atom is -0.295 e. The van der Waals surface area contributed by atoms with Crippen LogP contribution < -0.4 is 16.5 Å². The highest BCUT2D eigenvalue weighted by atomic mass is 32.2. The number of rotatable bonds is 4. The largest absolute Gasteiger partial charge is 0.295 e. The zero-order valence-electron chi connectivity index (χ0n) is 13.3. The molecule has 1 aromatic heterocycles. The summed E-state index contributed by atoms with van der Waals surface area (Å²) in [6.45, 7) is 0.418. The van der Waals surface area contributed by atoms with E-state index in [9.17, 15) is 9.59 Å². The first-order valence-corrected chi connectivity index (χ1v) is 8.87. The van der Waals surface area contributed by atoms with Crippen LogP contribution in [0, 0.1) is 0 Å². The van der Waals surface area contributed by atoms with Crippen LogP contribution in [0.4, 0.5) is 0 Å². The number of nitrogens with zero attached hydrogens (tertiary/aromatic N) is 2. The normalized spacial score (nSPS) is 16.6. The third-order valence-electron chi connectivity index (χ3n) is 4.08. The van der Waals surface area contributed by atoms with E-state index in [1.54, 1.807) is 36.0 Å². The Kier molecular flexibility index (Phi) is 4.15. The molecule has 7 heteroatoms. The molecule has 2 N–H and O–H groups in total. The first-order valence-electron chi connectivity index (χ1n) is 7.99. The standard InChI is InChI=1S/C18H16N4O2S/c23-16-13-8-4-5-9-14(13)18(24)22(21-16)11-10-15-19-20-17(25-15)12-6-2-1-3-7-12/h1-9,15,19H,10-11H2,(H,21,23)/t15-/m1/s1. The van der Waals surface area contributed by atoms with Crippen molar-refractivity contribution in [3.63, 3.8) is 0 Å². The van der Waals surface area contributed by atoms with Crippen LogP contribution in [0.1, 0.15) is 12.0 Å². The summed E-state index contributed by atoms with van der Waals surface area (Å²) in [5, 5.41) is 8.89. The molecule has 0 spiro atoms. The molecule has 4 rings (SSSR count). The van der Waals surface area contributed by atoms with Gasteiger partial charge in [-0.05, 0) is 18.6 Å². The Morgan fingerprint density at radius 3 is 2.52 bits per heavy atom. The van der Waals surface area contributed by atoms with Crippen molar-refractivity contribution in [1.29, 1.82) is 0 Å². The second kappa shape index (κ2) is 6.60. The van der Waals surface area contributed by atoms with Gasteiger partial charge in [-0.25, -0.2) is 4.68 Å². The van der Waals surface area contributed by atoms with Gasteiger partial charge in [-0.2, -0.15) is 5.10 Å². The predicted octanol–water partition coefficient (Wildman–Crippen LogP) is 2.10. The van der Waals surface area contributed by atoms with Gasteiger partial charge in [0, 0.05) is 12.1 Å². The number of thioether (sulfide) groups is 1. The lowest BCUT2D eigenvalue weighted by molar-refractivity contribution is 0.514. The molecule has 0 saturated carbocycles. The molecule has 0 amide bonds. The fourth-order valence-electron chi connectivity index (χ4n) is 2.81. The van der Waals surface area contributed by atoms with Gasteiger partial charge in [-0.1, -0.05) is 54.2 Å². The van der Waals surface area contributed by atoms with Crippen LogP contribution in [-0.4, -0.2) is 20.2 Å².